The van der Waals surface area contributed by atoms with Gasteiger partial charge < -0.3 is 20.8 Å². The maximum absolute atomic E-state index is 12.8. The van der Waals surface area contributed by atoms with Crippen LogP contribution in [-0.2, 0) is 21.1 Å². The van der Waals surface area contributed by atoms with Crippen LogP contribution in [0.3, 0.4) is 0 Å². The first-order chi connectivity index (χ1) is 19.4. The number of hydrogen-bond acceptors (Lipinski definition) is 9. The van der Waals surface area contributed by atoms with Gasteiger partial charge in [-0.2, -0.15) is 0 Å². The molecule has 2 heterocycles. The second-order valence-corrected chi connectivity index (χ2v) is 11.8. The van der Waals surface area contributed by atoms with Gasteiger partial charge in [0.05, 0.1) is 21.4 Å². The Morgan fingerprint density at radius 2 is 1.63 bits per heavy atom. The molecule has 0 aliphatic carbocycles. The molecule has 2 aromatic heterocycles. The van der Waals surface area contributed by atoms with Crippen LogP contribution in [0.2, 0.25) is 10.0 Å². The van der Waals surface area contributed by atoms with Crippen molar-refractivity contribution in [1.29, 1.82) is 0 Å². The number of carboxylic acids is 2. The zero-order chi connectivity index (χ0) is 30.2. The molecule has 4 N–H and O–H groups in total. The van der Waals surface area contributed by atoms with Crippen molar-refractivity contribution in [2.45, 2.75) is 50.2 Å². The third-order valence-electron chi connectivity index (χ3n) is 5.82. The second-order valence-electron chi connectivity index (χ2n) is 8.97. The predicted octanol–water partition coefficient (Wildman–Crippen LogP) is 4.59. The van der Waals surface area contributed by atoms with Gasteiger partial charge >= 0.3 is 11.9 Å². The van der Waals surface area contributed by atoms with Gasteiger partial charge in [-0.1, -0.05) is 61.5 Å². The molecule has 0 aliphatic rings. The number of nitrogens with one attached hydrogen (secondary N) is 2. The number of pyridine rings is 1. The minimum Gasteiger partial charge on any atom is -0.480 e. The Morgan fingerprint density at radius 1 is 0.976 bits per heavy atom. The highest BCUT2D eigenvalue weighted by Gasteiger charge is 2.25. The molecule has 15 heteroatoms. The number of carbonyl (C=O) groups is 3. The molecule has 1 atom stereocenters. The van der Waals surface area contributed by atoms with Crippen LogP contribution in [0.1, 0.15) is 59.0 Å². The largest absolute Gasteiger partial charge is 0.480 e. The molecule has 41 heavy (non-hydrogen) atoms. The van der Waals surface area contributed by atoms with Gasteiger partial charge in [-0.15, -0.1) is 0 Å². The highest BCUT2D eigenvalue weighted by molar-refractivity contribution is 7.91. The van der Waals surface area contributed by atoms with Gasteiger partial charge in [-0.25, -0.2) is 28.0 Å². The summed E-state index contributed by atoms with van der Waals surface area (Å²) in [4.78, 5) is 47.6. The van der Waals surface area contributed by atoms with E-state index in [1.165, 1.54) is 12.4 Å². The molecule has 0 bridgehead atoms. The Bertz CT molecular complexity index is 1520. The molecule has 0 saturated carbocycles. The van der Waals surface area contributed by atoms with Gasteiger partial charge in [-0.3, -0.25) is 9.78 Å². The number of aromatic nitrogens is 3. The summed E-state index contributed by atoms with van der Waals surface area (Å²) in [6.45, 7) is 1.98. The third-order valence-corrected chi connectivity index (χ3v) is 7.96. The van der Waals surface area contributed by atoms with Crippen LogP contribution in [0.15, 0.2) is 47.9 Å². The Hall–Kier alpha value is -3.81. The maximum atomic E-state index is 12.8. The van der Waals surface area contributed by atoms with Crippen LogP contribution in [0, 0.1) is 0 Å². The number of hydrogen-bond donors (Lipinski definition) is 4. The molecule has 0 spiro atoms. The number of unbranched alkanes of at least 4 members (excludes halogenated alkanes) is 3. The van der Waals surface area contributed by atoms with Crippen molar-refractivity contribution in [3.05, 3.63) is 69.6 Å². The van der Waals surface area contributed by atoms with Crippen molar-refractivity contribution in [2.24, 2.45) is 0 Å². The van der Waals surface area contributed by atoms with Crippen LogP contribution >= 0.6 is 23.2 Å². The smallest absolute Gasteiger partial charge is 0.354 e. The average molecular weight is 625 g/mol. The quantitative estimate of drug-likeness (QED) is 0.145. The Balaban J connectivity index is 1.76. The highest BCUT2D eigenvalue weighted by atomic mass is 35.5. The molecule has 12 nitrogen and oxygen atoms in total. The van der Waals surface area contributed by atoms with Gasteiger partial charge in [0.2, 0.25) is 15.0 Å². The first kappa shape index (κ1) is 31.7. The third kappa shape index (κ3) is 8.84. The average Bonchev–Trinajstić information content (AvgIpc) is 2.91. The molecule has 0 aliphatic heterocycles. The van der Waals surface area contributed by atoms with E-state index < -0.39 is 44.6 Å². The molecular formula is C26H27Cl2N5O7S. The first-order valence-electron chi connectivity index (χ1n) is 12.4. The topological polar surface area (TPSA) is 189 Å². The number of aliphatic carboxylic acids is 1. The van der Waals surface area contributed by atoms with E-state index in [1.807, 2.05) is 6.92 Å². The van der Waals surface area contributed by atoms with Crippen LogP contribution in [0.25, 0.3) is 0 Å². The lowest BCUT2D eigenvalue weighted by molar-refractivity contribution is -0.137. The molecule has 1 aromatic carbocycles. The monoisotopic (exact) mass is 623 g/mol. The van der Waals surface area contributed by atoms with Gasteiger partial charge in [0.1, 0.15) is 11.9 Å². The summed E-state index contributed by atoms with van der Waals surface area (Å²) in [5.41, 5.74) is 0.390. The number of rotatable bonds is 14. The lowest BCUT2D eigenvalue weighted by atomic mass is 10.1. The van der Waals surface area contributed by atoms with Crippen LogP contribution in [0.4, 0.5) is 11.5 Å². The minimum atomic E-state index is -4.00. The molecule has 0 unspecified atom stereocenters. The minimum absolute atomic E-state index is 0.0514. The van der Waals surface area contributed by atoms with E-state index in [2.05, 4.69) is 25.6 Å². The van der Waals surface area contributed by atoms with E-state index in [9.17, 15) is 33.0 Å². The van der Waals surface area contributed by atoms with Gasteiger partial charge in [0.25, 0.3) is 5.91 Å². The van der Waals surface area contributed by atoms with Crippen LogP contribution in [-0.4, -0.2) is 63.2 Å². The maximum Gasteiger partial charge on any atom is 0.354 e. The van der Waals surface area contributed by atoms with Crippen molar-refractivity contribution < 1.29 is 33.0 Å². The number of carbonyl (C=O) groups excluding carboxylic acids is 1. The van der Waals surface area contributed by atoms with Crippen molar-refractivity contribution in [3.63, 3.8) is 0 Å². The van der Waals surface area contributed by atoms with Crippen molar-refractivity contribution in [3.8, 4) is 0 Å². The molecule has 0 saturated heterocycles. The summed E-state index contributed by atoms with van der Waals surface area (Å²) in [6.07, 6.45) is 5.27. The number of benzene rings is 1. The Morgan fingerprint density at radius 3 is 2.22 bits per heavy atom. The molecule has 0 fully saturated rings. The summed E-state index contributed by atoms with van der Waals surface area (Å²) in [6, 6.07) is 5.93. The zero-order valence-corrected chi connectivity index (χ0v) is 24.1. The number of halogens is 2. The molecule has 3 rings (SSSR count). The summed E-state index contributed by atoms with van der Waals surface area (Å²) in [5, 5.41) is 23.9. The molecule has 218 valence electrons. The fourth-order valence-electron chi connectivity index (χ4n) is 3.72. The first-order valence-corrected chi connectivity index (χ1v) is 14.9. The second kappa shape index (κ2) is 14.2. The van der Waals surface area contributed by atoms with Gasteiger partial charge in [-0.05, 0) is 24.1 Å². The Labute approximate surface area is 246 Å². The lowest BCUT2D eigenvalue weighted by Gasteiger charge is -2.16. The molecule has 0 radical (unpaired) electrons. The van der Waals surface area contributed by atoms with E-state index >= 15 is 0 Å². The van der Waals surface area contributed by atoms with Crippen molar-refractivity contribution in [1.82, 2.24) is 15.0 Å². The predicted molar refractivity (Wildman–Crippen MR) is 153 cm³/mol. The van der Waals surface area contributed by atoms with Crippen LogP contribution < -0.4 is 10.6 Å². The Kier molecular flexibility index (Phi) is 11.0. The lowest BCUT2D eigenvalue weighted by Crippen LogP contribution is -2.32. The van der Waals surface area contributed by atoms with E-state index in [0.29, 0.717) is 24.1 Å². The van der Waals surface area contributed by atoms with E-state index in [-0.39, 0.29) is 33.6 Å². The standard InChI is InChI=1S/C26H27Cl2N5O7S/c1-2-3-4-5-10-41(39,40)26-32-20(25(37)38)12-21(33-26)31-19(24(35)36)11-15-6-8-16(9-7-15)30-23(34)22-17(27)13-29-14-18(22)28/h6-9,12-14,19H,2-5,10-11H2,1H3,(H,30,34)(H,35,36)(H,37,38)(H,31,32,33)/t19-/m0/s1. The van der Waals surface area contributed by atoms with E-state index in [4.69, 9.17) is 23.2 Å². The number of sulfone groups is 1. The highest BCUT2D eigenvalue weighted by Crippen LogP contribution is 2.24. The molecule has 1 amide bonds. The summed E-state index contributed by atoms with van der Waals surface area (Å²) >= 11 is 12.0. The molecule has 3 aromatic rings. The van der Waals surface area contributed by atoms with Gasteiger partial charge in [0.15, 0.2) is 5.69 Å². The summed E-state index contributed by atoms with van der Waals surface area (Å²) in [7, 11) is -4.00. The number of amides is 1. The van der Waals surface area contributed by atoms with E-state index in [1.54, 1.807) is 24.3 Å². The summed E-state index contributed by atoms with van der Waals surface area (Å²) in [5.74, 6) is -3.86. The van der Waals surface area contributed by atoms with Crippen molar-refractivity contribution >= 4 is 62.4 Å². The number of carboxylic acid groups (broad SMARTS) is 2. The van der Waals surface area contributed by atoms with Crippen molar-refractivity contribution in [2.75, 3.05) is 16.4 Å². The zero-order valence-electron chi connectivity index (χ0n) is 21.8. The van der Waals surface area contributed by atoms with Crippen LogP contribution in [0.5, 0.6) is 0 Å². The van der Waals surface area contributed by atoms with Gasteiger partial charge in [0, 0.05) is 30.6 Å². The number of aromatic carboxylic acids is 1. The normalized spacial score (nSPS) is 12.0. The SMILES string of the molecule is CCCCCCS(=O)(=O)c1nc(N[C@@H](Cc2ccc(NC(=O)c3c(Cl)cncc3Cl)cc2)C(=O)O)cc(C(=O)O)n1. The molecular weight excluding hydrogens is 597 g/mol. The fraction of sp³-hybridized carbons (Fsp3) is 0.308. The number of nitrogens with zero attached hydrogens (tertiary/aromatic N) is 3. The fourth-order valence-corrected chi connectivity index (χ4v) is 5.50. The van der Waals surface area contributed by atoms with E-state index in [0.717, 1.165) is 18.9 Å². The number of anilines is 2. The summed E-state index contributed by atoms with van der Waals surface area (Å²) < 4.78 is 25.5.